The van der Waals surface area contributed by atoms with Crippen molar-refractivity contribution in [3.63, 3.8) is 0 Å². The number of hydrogen-bond acceptors (Lipinski definition) is 3. The molecule has 2 aromatic rings. The van der Waals surface area contributed by atoms with Crippen LogP contribution in [0.1, 0.15) is 14.4 Å². The zero-order valence-corrected chi connectivity index (χ0v) is 11.7. The Hall–Kier alpha value is -1.78. The van der Waals surface area contributed by atoms with Crippen LogP contribution in [0.5, 0.6) is 5.75 Å². The number of anilines is 1. The van der Waals surface area contributed by atoms with Gasteiger partial charge in [-0.15, -0.1) is 12.4 Å². The standard InChI is InChI=1S/C14H16N2O2.CH4.ClH/c1-9(15)14(17)16-11-7-10-5-3-4-6-12(10)13(8-11)18-2;;/h3-9H,15H2,1-2H3,(H,16,17);1H4;1H/t9-;;/m0../s1. The molecule has 1 atom stereocenters. The van der Waals surface area contributed by atoms with Gasteiger partial charge in [0.1, 0.15) is 5.75 Å². The second kappa shape index (κ2) is 7.72. The van der Waals surface area contributed by atoms with E-state index in [1.807, 2.05) is 30.3 Å². The Morgan fingerprint density at radius 1 is 1.30 bits per heavy atom. The number of nitrogens with one attached hydrogen (secondary N) is 1. The molecule has 5 heteroatoms. The summed E-state index contributed by atoms with van der Waals surface area (Å²) in [6.07, 6.45) is 0. The molecule has 0 aliphatic carbocycles. The van der Waals surface area contributed by atoms with Gasteiger partial charge < -0.3 is 15.8 Å². The normalized spacial score (nSPS) is 10.9. The number of methoxy groups -OCH3 is 1. The van der Waals surface area contributed by atoms with Crippen molar-refractivity contribution in [2.24, 2.45) is 5.73 Å². The fourth-order valence-electron chi connectivity index (χ4n) is 1.77. The van der Waals surface area contributed by atoms with E-state index in [0.717, 1.165) is 16.5 Å². The van der Waals surface area contributed by atoms with Gasteiger partial charge in [0, 0.05) is 17.1 Å². The zero-order chi connectivity index (χ0) is 13.1. The summed E-state index contributed by atoms with van der Waals surface area (Å²) in [5.41, 5.74) is 6.21. The summed E-state index contributed by atoms with van der Waals surface area (Å²) in [5.74, 6) is 0.514. The van der Waals surface area contributed by atoms with Crippen LogP contribution < -0.4 is 15.8 Å². The molecule has 3 N–H and O–H groups in total. The molecule has 110 valence electrons. The lowest BCUT2D eigenvalue weighted by Gasteiger charge is -2.11. The molecule has 4 nitrogen and oxygen atoms in total. The van der Waals surface area contributed by atoms with Crippen LogP contribution in [0.25, 0.3) is 10.8 Å². The summed E-state index contributed by atoms with van der Waals surface area (Å²) in [4.78, 5) is 11.6. The molecule has 0 radical (unpaired) electrons. The number of halogens is 1. The van der Waals surface area contributed by atoms with E-state index < -0.39 is 6.04 Å². The summed E-state index contributed by atoms with van der Waals surface area (Å²) >= 11 is 0. The molecule has 0 aliphatic rings. The summed E-state index contributed by atoms with van der Waals surface area (Å²) in [6, 6.07) is 11.0. The number of carbonyl (C=O) groups excluding carboxylic acids is 1. The van der Waals surface area contributed by atoms with Gasteiger partial charge in [-0.05, 0) is 18.4 Å². The summed E-state index contributed by atoms with van der Waals surface area (Å²) in [6.45, 7) is 1.65. The Kier molecular flexibility index (Phi) is 7.04. The van der Waals surface area contributed by atoms with Gasteiger partial charge in [-0.2, -0.15) is 0 Å². The van der Waals surface area contributed by atoms with Crippen molar-refractivity contribution in [1.29, 1.82) is 0 Å². The van der Waals surface area contributed by atoms with E-state index in [2.05, 4.69) is 5.32 Å². The minimum absolute atomic E-state index is 0. The quantitative estimate of drug-likeness (QED) is 0.914. The first-order valence-corrected chi connectivity index (χ1v) is 5.75. The third-order valence-electron chi connectivity index (χ3n) is 2.72. The van der Waals surface area contributed by atoms with E-state index in [9.17, 15) is 4.79 Å². The van der Waals surface area contributed by atoms with Gasteiger partial charge in [-0.3, -0.25) is 4.79 Å². The highest BCUT2D eigenvalue weighted by Gasteiger charge is 2.10. The molecule has 0 fully saturated rings. The number of carbonyl (C=O) groups is 1. The van der Waals surface area contributed by atoms with Crippen molar-refractivity contribution >= 4 is 34.8 Å². The molecule has 1 amide bonds. The largest absolute Gasteiger partial charge is 0.496 e. The van der Waals surface area contributed by atoms with E-state index >= 15 is 0 Å². The molecular weight excluding hydrogens is 276 g/mol. The molecule has 2 rings (SSSR count). The predicted octanol–water partition coefficient (Wildman–Crippen LogP) is 3.19. The maximum absolute atomic E-state index is 11.6. The second-order valence-corrected chi connectivity index (χ2v) is 4.18. The number of nitrogens with two attached hydrogens (primary N) is 1. The van der Waals surface area contributed by atoms with E-state index in [0.29, 0.717) is 5.69 Å². The van der Waals surface area contributed by atoms with Crippen LogP contribution in [-0.4, -0.2) is 19.1 Å². The second-order valence-electron chi connectivity index (χ2n) is 4.18. The van der Waals surface area contributed by atoms with Gasteiger partial charge in [0.2, 0.25) is 5.91 Å². The number of benzene rings is 2. The predicted molar refractivity (Wildman–Crippen MR) is 86.8 cm³/mol. The van der Waals surface area contributed by atoms with Crippen LogP contribution in [0.3, 0.4) is 0 Å². The minimum Gasteiger partial charge on any atom is -0.496 e. The molecule has 2 aromatic carbocycles. The molecule has 0 saturated heterocycles. The Labute approximate surface area is 125 Å². The molecule has 0 heterocycles. The Bertz CT molecular complexity index is 585. The van der Waals surface area contributed by atoms with E-state index in [1.165, 1.54) is 0 Å². The lowest BCUT2D eigenvalue weighted by atomic mass is 10.1. The number of ether oxygens (including phenoxy) is 1. The van der Waals surface area contributed by atoms with Crippen molar-refractivity contribution < 1.29 is 9.53 Å². The first kappa shape index (κ1) is 18.2. The summed E-state index contributed by atoms with van der Waals surface area (Å²) in [5, 5.41) is 4.79. The van der Waals surface area contributed by atoms with Gasteiger partial charge in [0.15, 0.2) is 0 Å². The lowest BCUT2D eigenvalue weighted by molar-refractivity contribution is -0.117. The van der Waals surface area contributed by atoms with Crippen LogP contribution in [0.4, 0.5) is 5.69 Å². The maximum Gasteiger partial charge on any atom is 0.241 e. The Morgan fingerprint density at radius 2 is 1.95 bits per heavy atom. The molecular formula is C15H21ClN2O2. The van der Waals surface area contributed by atoms with E-state index in [-0.39, 0.29) is 25.7 Å². The highest BCUT2D eigenvalue weighted by molar-refractivity contribution is 5.98. The highest BCUT2D eigenvalue weighted by atomic mass is 35.5. The maximum atomic E-state index is 11.6. The topological polar surface area (TPSA) is 64.3 Å². The molecule has 0 unspecified atom stereocenters. The molecule has 0 bridgehead atoms. The van der Waals surface area contributed by atoms with E-state index in [1.54, 1.807) is 20.1 Å². The number of rotatable bonds is 3. The van der Waals surface area contributed by atoms with Crippen LogP contribution in [-0.2, 0) is 4.79 Å². The average molecular weight is 297 g/mol. The van der Waals surface area contributed by atoms with E-state index in [4.69, 9.17) is 10.5 Å². The van der Waals surface area contributed by atoms with Crippen LogP contribution in [0.15, 0.2) is 36.4 Å². The fraction of sp³-hybridized carbons (Fsp3) is 0.267. The third-order valence-corrected chi connectivity index (χ3v) is 2.72. The van der Waals surface area contributed by atoms with Gasteiger partial charge in [0.25, 0.3) is 0 Å². The molecule has 0 spiro atoms. The minimum atomic E-state index is -0.539. The zero-order valence-electron chi connectivity index (χ0n) is 10.8. The number of fused-ring (bicyclic) bond motifs is 1. The van der Waals surface area contributed by atoms with Crippen molar-refractivity contribution in [1.82, 2.24) is 0 Å². The lowest BCUT2D eigenvalue weighted by Crippen LogP contribution is -2.32. The van der Waals surface area contributed by atoms with Gasteiger partial charge in [-0.1, -0.05) is 31.7 Å². The molecule has 20 heavy (non-hydrogen) atoms. The van der Waals surface area contributed by atoms with Gasteiger partial charge in [-0.25, -0.2) is 0 Å². The molecule has 0 aromatic heterocycles. The number of hydrogen-bond donors (Lipinski definition) is 2. The monoisotopic (exact) mass is 296 g/mol. The Balaban J connectivity index is 0.00000180. The third kappa shape index (κ3) is 3.85. The first-order valence-electron chi connectivity index (χ1n) is 5.75. The van der Waals surface area contributed by atoms with Crippen LogP contribution >= 0.6 is 12.4 Å². The Morgan fingerprint density at radius 3 is 2.55 bits per heavy atom. The van der Waals surface area contributed by atoms with Crippen molar-refractivity contribution in [3.8, 4) is 5.75 Å². The first-order chi connectivity index (χ1) is 8.61. The number of amides is 1. The molecule has 0 saturated carbocycles. The van der Waals surface area contributed by atoms with Crippen LogP contribution in [0.2, 0.25) is 0 Å². The average Bonchev–Trinajstić information content (AvgIpc) is 2.37. The van der Waals surface area contributed by atoms with Gasteiger partial charge >= 0.3 is 0 Å². The SMILES string of the molecule is C.COc1cc(NC(=O)[C@H](C)N)cc2ccccc12.Cl. The molecule has 0 aliphatic heterocycles. The summed E-state index contributed by atoms with van der Waals surface area (Å²) in [7, 11) is 1.61. The van der Waals surface area contributed by atoms with Crippen molar-refractivity contribution in [3.05, 3.63) is 36.4 Å². The van der Waals surface area contributed by atoms with Crippen LogP contribution in [0, 0.1) is 0 Å². The van der Waals surface area contributed by atoms with Crippen molar-refractivity contribution in [2.45, 2.75) is 20.4 Å². The summed E-state index contributed by atoms with van der Waals surface area (Å²) < 4.78 is 5.33. The highest BCUT2D eigenvalue weighted by Crippen LogP contribution is 2.29. The fourth-order valence-corrected chi connectivity index (χ4v) is 1.77. The smallest absolute Gasteiger partial charge is 0.241 e. The van der Waals surface area contributed by atoms with Gasteiger partial charge in [0.05, 0.1) is 13.2 Å². The van der Waals surface area contributed by atoms with Crippen molar-refractivity contribution in [2.75, 3.05) is 12.4 Å².